The molecule has 0 fully saturated rings. The van der Waals surface area contributed by atoms with E-state index in [1.165, 1.54) is 6.07 Å². The van der Waals surface area contributed by atoms with Crippen molar-refractivity contribution in [3.05, 3.63) is 87.3 Å². The third-order valence-electron chi connectivity index (χ3n) is 5.62. The molecule has 0 unspecified atom stereocenters. The first-order valence-electron chi connectivity index (χ1n) is 10.6. The van der Waals surface area contributed by atoms with Gasteiger partial charge in [-0.15, -0.1) is 0 Å². The van der Waals surface area contributed by atoms with Crippen molar-refractivity contribution >= 4 is 11.6 Å². The Morgan fingerprint density at radius 2 is 1.78 bits per heavy atom. The molecular weight excluding hydrogens is 417 g/mol. The molecule has 8 heteroatoms. The van der Waals surface area contributed by atoms with Crippen molar-refractivity contribution in [3.63, 3.8) is 0 Å². The van der Waals surface area contributed by atoms with Crippen LogP contribution in [0.5, 0.6) is 0 Å². The molecule has 3 aromatic rings. The number of fused-ring (bicyclic) bond motifs is 1. The van der Waals surface area contributed by atoms with Crippen molar-refractivity contribution in [1.29, 1.82) is 0 Å². The summed E-state index contributed by atoms with van der Waals surface area (Å²) in [7, 11) is 0. The fraction of sp³-hybridized carbons (Fsp3) is 0.333. The molecule has 0 saturated heterocycles. The van der Waals surface area contributed by atoms with Gasteiger partial charge >= 0.3 is 6.18 Å². The normalized spacial score (nSPS) is 14.5. The van der Waals surface area contributed by atoms with Gasteiger partial charge in [-0.3, -0.25) is 19.2 Å². The number of nitrogens with zero attached hydrogens (tertiary/aromatic N) is 4. The molecule has 2 heterocycles. The van der Waals surface area contributed by atoms with Crippen molar-refractivity contribution < 1.29 is 13.2 Å². The quantitative estimate of drug-likeness (QED) is 0.561. The first-order valence-corrected chi connectivity index (χ1v) is 10.6. The summed E-state index contributed by atoms with van der Waals surface area (Å²) >= 11 is 0. The van der Waals surface area contributed by atoms with E-state index in [9.17, 15) is 18.0 Å². The zero-order valence-corrected chi connectivity index (χ0v) is 18.1. The van der Waals surface area contributed by atoms with Crippen molar-refractivity contribution in [2.45, 2.75) is 39.5 Å². The maximum Gasteiger partial charge on any atom is 0.416 e. The third-order valence-corrected chi connectivity index (χ3v) is 5.62. The molecular formula is C24H25F3N4O. The highest BCUT2D eigenvalue weighted by Crippen LogP contribution is 2.34. The van der Waals surface area contributed by atoms with Crippen molar-refractivity contribution in [1.82, 2.24) is 14.5 Å². The highest BCUT2D eigenvalue weighted by Gasteiger charge is 2.33. The molecule has 1 aliphatic heterocycles. The van der Waals surface area contributed by atoms with E-state index in [0.29, 0.717) is 49.2 Å². The fourth-order valence-electron chi connectivity index (χ4n) is 4.04. The second-order valence-electron chi connectivity index (χ2n) is 8.02. The second kappa shape index (κ2) is 8.78. The van der Waals surface area contributed by atoms with Gasteiger partial charge < -0.3 is 0 Å². The number of halogens is 3. The summed E-state index contributed by atoms with van der Waals surface area (Å²) in [6.45, 7) is 5.24. The average Bonchev–Trinajstić information content (AvgIpc) is 2.77. The fourth-order valence-corrected chi connectivity index (χ4v) is 4.04. The molecule has 1 aliphatic rings. The number of aryl methyl sites for hydroxylation is 1. The van der Waals surface area contributed by atoms with Crippen LogP contribution in [0.4, 0.5) is 24.8 Å². The van der Waals surface area contributed by atoms with Crippen LogP contribution < -0.4 is 10.5 Å². The van der Waals surface area contributed by atoms with E-state index in [-0.39, 0.29) is 5.56 Å². The summed E-state index contributed by atoms with van der Waals surface area (Å²) in [5.74, 6) is 0.371. The molecule has 32 heavy (non-hydrogen) atoms. The third kappa shape index (κ3) is 4.41. The molecule has 0 atom stereocenters. The zero-order chi connectivity index (χ0) is 22.9. The number of aromatic nitrogens is 2. The lowest BCUT2D eigenvalue weighted by molar-refractivity contribution is -0.137. The standard InChI is InChI=1S/C24H25F3N4O/c1-3-12-29-15-30(20-11-7-10-19(14-20)24(25,26)27)23-28-17(2)21(22(32)31(23)16-29)13-18-8-5-4-6-9-18/h4-11,14H,3,12-13,15-16H2,1-2H3. The summed E-state index contributed by atoms with van der Waals surface area (Å²) in [6.07, 6.45) is -3.13. The monoisotopic (exact) mass is 442 g/mol. The van der Waals surface area contributed by atoms with Gasteiger partial charge in [-0.25, -0.2) is 4.98 Å². The summed E-state index contributed by atoms with van der Waals surface area (Å²) in [5.41, 5.74) is 1.67. The predicted octanol–water partition coefficient (Wildman–Crippen LogP) is 4.94. The van der Waals surface area contributed by atoms with Crippen LogP contribution in [0.3, 0.4) is 0 Å². The van der Waals surface area contributed by atoms with Gasteiger partial charge in [-0.1, -0.05) is 43.3 Å². The topological polar surface area (TPSA) is 41.4 Å². The Morgan fingerprint density at radius 3 is 2.47 bits per heavy atom. The molecule has 0 radical (unpaired) electrons. The summed E-state index contributed by atoms with van der Waals surface area (Å²) in [4.78, 5) is 21.9. The molecule has 0 spiro atoms. The number of anilines is 2. The molecule has 0 amide bonds. The SMILES string of the molecule is CCCN1CN(c2cccc(C(F)(F)F)c2)c2nc(C)c(Cc3ccccc3)c(=O)n2C1. The molecule has 0 saturated carbocycles. The molecule has 0 aliphatic carbocycles. The summed E-state index contributed by atoms with van der Waals surface area (Å²) in [5, 5.41) is 0. The van der Waals surface area contributed by atoms with Gasteiger partial charge in [-0.05, 0) is 37.1 Å². The Kier molecular flexibility index (Phi) is 6.06. The Labute approximate surface area is 184 Å². The van der Waals surface area contributed by atoms with Crippen LogP contribution in [0, 0.1) is 6.92 Å². The zero-order valence-electron chi connectivity index (χ0n) is 18.1. The van der Waals surface area contributed by atoms with E-state index in [0.717, 1.165) is 24.1 Å². The Hall–Kier alpha value is -3.13. The van der Waals surface area contributed by atoms with Crippen molar-refractivity contribution in [2.75, 3.05) is 18.1 Å². The van der Waals surface area contributed by atoms with Gasteiger partial charge in [0.25, 0.3) is 5.56 Å². The summed E-state index contributed by atoms with van der Waals surface area (Å²) < 4.78 is 41.5. The Morgan fingerprint density at radius 1 is 1.03 bits per heavy atom. The van der Waals surface area contributed by atoms with E-state index in [1.54, 1.807) is 22.5 Å². The van der Waals surface area contributed by atoms with E-state index in [1.807, 2.05) is 42.2 Å². The summed E-state index contributed by atoms with van der Waals surface area (Å²) in [6, 6.07) is 14.8. The molecule has 4 rings (SSSR count). The highest BCUT2D eigenvalue weighted by molar-refractivity contribution is 5.60. The minimum absolute atomic E-state index is 0.158. The Bertz CT molecular complexity index is 1160. The van der Waals surface area contributed by atoms with Crippen LogP contribution in [0.15, 0.2) is 59.4 Å². The highest BCUT2D eigenvalue weighted by atomic mass is 19.4. The Balaban J connectivity index is 1.81. The van der Waals surface area contributed by atoms with Crippen LogP contribution >= 0.6 is 0 Å². The van der Waals surface area contributed by atoms with E-state index < -0.39 is 11.7 Å². The average molecular weight is 442 g/mol. The van der Waals surface area contributed by atoms with Crippen molar-refractivity contribution in [3.8, 4) is 0 Å². The van der Waals surface area contributed by atoms with Crippen molar-refractivity contribution in [2.24, 2.45) is 0 Å². The number of hydrogen-bond donors (Lipinski definition) is 0. The minimum Gasteiger partial charge on any atom is -0.298 e. The van der Waals surface area contributed by atoms with Crippen LogP contribution in [0.2, 0.25) is 0 Å². The van der Waals surface area contributed by atoms with Crippen LogP contribution in [0.25, 0.3) is 0 Å². The lowest BCUT2D eigenvalue weighted by Crippen LogP contribution is -2.48. The lowest BCUT2D eigenvalue weighted by atomic mass is 10.1. The van der Waals surface area contributed by atoms with E-state index in [2.05, 4.69) is 0 Å². The molecule has 1 aromatic heterocycles. The van der Waals surface area contributed by atoms with Gasteiger partial charge in [0.05, 0.1) is 24.6 Å². The first-order chi connectivity index (χ1) is 15.3. The van der Waals surface area contributed by atoms with E-state index >= 15 is 0 Å². The van der Waals surface area contributed by atoms with Crippen LogP contribution in [-0.2, 0) is 19.3 Å². The second-order valence-corrected chi connectivity index (χ2v) is 8.02. The molecule has 168 valence electrons. The van der Waals surface area contributed by atoms with Gasteiger partial charge in [0.2, 0.25) is 5.95 Å². The largest absolute Gasteiger partial charge is 0.416 e. The maximum atomic E-state index is 13.5. The van der Waals surface area contributed by atoms with Crippen LogP contribution in [0.1, 0.15) is 35.7 Å². The number of hydrogen-bond acceptors (Lipinski definition) is 4. The van der Waals surface area contributed by atoms with Gasteiger partial charge in [0.1, 0.15) is 0 Å². The maximum absolute atomic E-state index is 13.5. The van der Waals surface area contributed by atoms with E-state index in [4.69, 9.17) is 4.98 Å². The van der Waals surface area contributed by atoms with Crippen LogP contribution in [-0.4, -0.2) is 27.7 Å². The number of rotatable bonds is 5. The molecule has 0 N–H and O–H groups in total. The number of benzene rings is 2. The van der Waals surface area contributed by atoms with Gasteiger partial charge in [0.15, 0.2) is 0 Å². The van der Waals surface area contributed by atoms with Gasteiger partial charge in [-0.2, -0.15) is 13.2 Å². The predicted molar refractivity (Wildman–Crippen MR) is 118 cm³/mol. The smallest absolute Gasteiger partial charge is 0.298 e. The van der Waals surface area contributed by atoms with Gasteiger partial charge in [0, 0.05) is 24.2 Å². The minimum atomic E-state index is -4.45. The lowest BCUT2D eigenvalue weighted by Gasteiger charge is -2.38. The molecule has 0 bridgehead atoms. The first kappa shape index (κ1) is 22.1. The number of alkyl halides is 3. The molecule has 2 aromatic carbocycles. The molecule has 5 nitrogen and oxygen atoms in total.